The van der Waals surface area contributed by atoms with Crippen LogP contribution in [0.5, 0.6) is 0 Å². The maximum atomic E-state index is 13.2. The van der Waals surface area contributed by atoms with Crippen LogP contribution in [0.4, 0.5) is 0 Å². The number of aliphatic hydroxyl groups excluding tert-OH is 1. The smallest absolute Gasteiger partial charge is 0.328 e. The maximum Gasteiger partial charge on any atom is 0.328 e. The van der Waals surface area contributed by atoms with Gasteiger partial charge in [-0.3, -0.25) is 28.8 Å². The number of carbonyl (C=O) groups is 7. The lowest BCUT2D eigenvalue weighted by Gasteiger charge is -2.25. The van der Waals surface area contributed by atoms with E-state index in [0.29, 0.717) is 5.56 Å². The van der Waals surface area contributed by atoms with Gasteiger partial charge in [0.2, 0.25) is 29.5 Å². The molecule has 0 saturated carbocycles. The molecule has 0 heterocycles. The monoisotopic (exact) mass is 594 g/mol. The first-order chi connectivity index (χ1) is 19.6. The molecule has 0 aliphatic rings. The molecule has 0 saturated heterocycles. The molecule has 0 aromatic heterocycles. The van der Waals surface area contributed by atoms with E-state index in [1.165, 1.54) is 0 Å². The van der Waals surface area contributed by atoms with Crippen LogP contribution < -0.4 is 32.7 Å². The van der Waals surface area contributed by atoms with Crippen molar-refractivity contribution >= 4 is 41.5 Å². The lowest BCUT2D eigenvalue weighted by atomic mass is 10.0. The second-order valence-corrected chi connectivity index (χ2v) is 9.96. The van der Waals surface area contributed by atoms with Crippen LogP contribution in [0.3, 0.4) is 0 Å². The zero-order valence-electron chi connectivity index (χ0n) is 23.2. The number of carboxylic acids is 2. The number of hydrogen-bond acceptors (Lipinski definition) is 9. The third-order valence-electron chi connectivity index (χ3n) is 5.82. The van der Waals surface area contributed by atoms with E-state index in [2.05, 4.69) is 21.3 Å². The molecule has 1 aromatic rings. The van der Waals surface area contributed by atoms with Crippen LogP contribution >= 0.6 is 0 Å². The van der Waals surface area contributed by atoms with Crippen LogP contribution in [-0.2, 0) is 40.0 Å². The van der Waals surface area contributed by atoms with Gasteiger partial charge in [0.15, 0.2) is 0 Å². The SMILES string of the molecule is CC(C)C[C@H](N)C(=O)N[C@@H](CC(=O)O)C(=O)N[C@@H](CC(N)=O)C(=O)N[C@@H](Cc1ccccc1)C(=O)N[C@@H](CO)C(=O)O. The highest BCUT2D eigenvalue weighted by molar-refractivity contribution is 5.98. The molecule has 11 N–H and O–H groups in total. The fraction of sp³-hybridized carbons (Fsp3) is 0.500. The second kappa shape index (κ2) is 17.3. The lowest BCUT2D eigenvalue weighted by molar-refractivity contribution is -0.143. The Bertz CT molecular complexity index is 1130. The first-order valence-corrected chi connectivity index (χ1v) is 13.0. The van der Waals surface area contributed by atoms with Gasteiger partial charge in [-0.15, -0.1) is 0 Å². The molecule has 5 atom stereocenters. The molecular formula is C26H38N6O10. The number of benzene rings is 1. The van der Waals surface area contributed by atoms with Gasteiger partial charge in [0.1, 0.15) is 24.2 Å². The number of carbonyl (C=O) groups excluding carboxylic acids is 5. The quantitative estimate of drug-likeness (QED) is 0.0824. The molecule has 0 fully saturated rings. The van der Waals surface area contributed by atoms with Crippen LogP contribution in [0, 0.1) is 5.92 Å². The molecule has 0 bridgehead atoms. The average Bonchev–Trinajstić information content (AvgIpc) is 2.89. The largest absolute Gasteiger partial charge is 0.481 e. The van der Waals surface area contributed by atoms with Crippen LogP contribution in [0.25, 0.3) is 0 Å². The molecule has 5 amide bonds. The summed E-state index contributed by atoms with van der Waals surface area (Å²) in [5.74, 6) is -8.04. The maximum absolute atomic E-state index is 13.2. The summed E-state index contributed by atoms with van der Waals surface area (Å²) in [6.45, 7) is 2.67. The lowest BCUT2D eigenvalue weighted by Crippen LogP contribution is -2.59. The summed E-state index contributed by atoms with van der Waals surface area (Å²) in [6, 6.07) is 0.680. The van der Waals surface area contributed by atoms with Crippen LogP contribution in [0.2, 0.25) is 0 Å². The fourth-order valence-corrected chi connectivity index (χ4v) is 3.75. The van der Waals surface area contributed by atoms with Crippen molar-refractivity contribution in [3.05, 3.63) is 35.9 Å². The molecule has 0 radical (unpaired) electrons. The Morgan fingerprint density at radius 1 is 0.738 bits per heavy atom. The minimum Gasteiger partial charge on any atom is -0.481 e. The van der Waals surface area contributed by atoms with Gasteiger partial charge >= 0.3 is 11.9 Å². The van der Waals surface area contributed by atoms with E-state index >= 15 is 0 Å². The number of rotatable bonds is 18. The minimum absolute atomic E-state index is 0.0188. The van der Waals surface area contributed by atoms with Crippen molar-refractivity contribution < 1.29 is 48.9 Å². The van der Waals surface area contributed by atoms with Gasteiger partial charge in [-0.1, -0.05) is 44.2 Å². The van der Waals surface area contributed by atoms with Crippen molar-refractivity contribution in [2.45, 2.75) is 69.7 Å². The number of nitrogens with one attached hydrogen (secondary N) is 4. The molecule has 0 spiro atoms. The molecule has 42 heavy (non-hydrogen) atoms. The third kappa shape index (κ3) is 12.7. The van der Waals surface area contributed by atoms with Gasteiger partial charge in [-0.05, 0) is 17.9 Å². The topological polar surface area (TPSA) is 280 Å². The molecule has 1 rings (SSSR count). The molecule has 16 nitrogen and oxygen atoms in total. The van der Waals surface area contributed by atoms with E-state index in [0.717, 1.165) is 0 Å². The van der Waals surface area contributed by atoms with Crippen molar-refractivity contribution in [1.82, 2.24) is 21.3 Å². The molecule has 0 aliphatic heterocycles. The zero-order chi connectivity index (χ0) is 32.0. The number of nitrogens with two attached hydrogens (primary N) is 2. The van der Waals surface area contributed by atoms with Crippen molar-refractivity contribution in [2.24, 2.45) is 17.4 Å². The number of aliphatic hydroxyl groups is 1. The highest BCUT2D eigenvalue weighted by Gasteiger charge is 2.33. The summed E-state index contributed by atoms with van der Waals surface area (Å²) in [5.41, 5.74) is 11.6. The first-order valence-electron chi connectivity index (χ1n) is 13.0. The summed E-state index contributed by atoms with van der Waals surface area (Å²) >= 11 is 0. The molecule has 0 unspecified atom stereocenters. The predicted octanol–water partition coefficient (Wildman–Crippen LogP) is -3.03. The van der Waals surface area contributed by atoms with Crippen LogP contribution in [0.1, 0.15) is 38.7 Å². The molecule has 0 aliphatic carbocycles. The molecule has 1 aromatic carbocycles. The Morgan fingerprint density at radius 3 is 1.69 bits per heavy atom. The van der Waals surface area contributed by atoms with E-state index < -0.39 is 91.1 Å². The van der Waals surface area contributed by atoms with E-state index in [1.807, 2.05) is 0 Å². The fourth-order valence-electron chi connectivity index (χ4n) is 3.75. The standard InChI is InChI=1S/C26H38N6O10/c1-13(2)8-15(27)22(37)29-18(11-21(35)36)25(40)31-17(10-20(28)34)24(39)30-16(9-14-6-4-3-5-7-14)23(38)32-19(12-33)26(41)42/h3-7,13,15-19,33H,8-12,27H2,1-2H3,(H2,28,34)(H,29,37)(H,30,39)(H,31,40)(H,32,38)(H,35,36)(H,41,42)/t15-,16-,17-,18-,19-/m0/s1. The summed E-state index contributed by atoms with van der Waals surface area (Å²) < 4.78 is 0. The van der Waals surface area contributed by atoms with Gasteiger partial charge in [0.05, 0.1) is 25.5 Å². The van der Waals surface area contributed by atoms with Crippen LogP contribution in [0.15, 0.2) is 30.3 Å². The highest BCUT2D eigenvalue weighted by atomic mass is 16.4. The van der Waals surface area contributed by atoms with E-state index in [1.54, 1.807) is 44.2 Å². The van der Waals surface area contributed by atoms with Gasteiger partial charge in [-0.25, -0.2) is 4.79 Å². The van der Waals surface area contributed by atoms with Gasteiger partial charge in [0, 0.05) is 6.42 Å². The molecular weight excluding hydrogens is 556 g/mol. The summed E-state index contributed by atoms with van der Waals surface area (Å²) in [4.78, 5) is 86.0. The van der Waals surface area contributed by atoms with Crippen molar-refractivity contribution in [2.75, 3.05) is 6.61 Å². The van der Waals surface area contributed by atoms with Gasteiger partial charge in [0.25, 0.3) is 0 Å². The number of hydrogen-bond donors (Lipinski definition) is 9. The summed E-state index contributed by atoms with van der Waals surface area (Å²) in [5, 5.41) is 36.5. The van der Waals surface area contributed by atoms with Crippen molar-refractivity contribution in [1.29, 1.82) is 0 Å². The second-order valence-electron chi connectivity index (χ2n) is 9.96. The summed E-state index contributed by atoms with van der Waals surface area (Å²) in [7, 11) is 0. The Morgan fingerprint density at radius 2 is 1.21 bits per heavy atom. The zero-order valence-corrected chi connectivity index (χ0v) is 23.2. The Hall–Kier alpha value is -4.57. The van der Waals surface area contributed by atoms with E-state index in [9.17, 15) is 48.9 Å². The first kappa shape index (κ1) is 35.5. The van der Waals surface area contributed by atoms with Crippen LogP contribution in [-0.4, -0.2) is 93.6 Å². The Balaban J connectivity index is 3.21. The number of carboxylic acid groups (broad SMARTS) is 2. The number of amides is 5. The van der Waals surface area contributed by atoms with Gasteiger partial charge < -0.3 is 48.1 Å². The van der Waals surface area contributed by atoms with Gasteiger partial charge in [-0.2, -0.15) is 0 Å². The molecule has 232 valence electrons. The number of primary amides is 1. The Labute approximate surface area is 241 Å². The summed E-state index contributed by atoms with van der Waals surface area (Å²) in [6.07, 6.45) is -1.57. The normalized spacial score (nSPS) is 14.4. The number of aliphatic carboxylic acids is 2. The van der Waals surface area contributed by atoms with Crippen molar-refractivity contribution in [3.8, 4) is 0 Å². The average molecular weight is 595 g/mol. The Kier molecular flexibility index (Phi) is 14.6. The minimum atomic E-state index is -1.72. The third-order valence-corrected chi connectivity index (χ3v) is 5.82. The van der Waals surface area contributed by atoms with E-state index in [4.69, 9.17) is 11.5 Å². The highest BCUT2D eigenvalue weighted by Crippen LogP contribution is 2.07. The molecule has 16 heteroatoms. The predicted molar refractivity (Wildman–Crippen MR) is 146 cm³/mol. The van der Waals surface area contributed by atoms with Crippen molar-refractivity contribution in [3.63, 3.8) is 0 Å². The van der Waals surface area contributed by atoms with E-state index in [-0.39, 0.29) is 18.8 Å².